The maximum atomic E-state index is 12.7. The molecule has 26 heavy (non-hydrogen) atoms. The maximum absolute atomic E-state index is 12.7. The van der Waals surface area contributed by atoms with Crippen molar-refractivity contribution in [3.63, 3.8) is 0 Å². The van der Waals surface area contributed by atoms with Crippen molar-refractivity contribution < 1.29 is 9.59 Å². The van der Waals surface area contributed by atoms with Crippen LogP contribution < -0.4 is 5.32 Å². The van der Waals surface area contributed by atoms with Crippen LogP contribution in [0.15, 0.2) is 64.4 Å². The van der Waals surface area contributed by atoms with E-state index in [1.807, 2.05) is 59.5 Å². The Morgan fingerprint density at radius 3 is 2.65 bits per heavy atom. The molecule has 2 aromatic carbocycles. The van der Waals surface area contributed by atoms with E-state index < -0.39 is 0 Å². The summed E-state index contributed by atoms with van der Waals surface area (Å²) in [5.74, 6) is -0.252. The van der Waals surface area contributed by atoms with E-state index in [0.29, 0.717) is 13.0 Å². The number of benzene rings is 2. The van der Waals surface area contributed by atoms with Crippen molar-refractivity contribution in [2.24, 2.45) is 5.92 Å². The lowest BCUT2D eigenvalue weighted by Crippen LogP contribution is -2.29. The van der Waals surface area contributed by atoms with Gasteiger partial charge >= 0.3 is 0 Å². The van der Waals surface area contributed by atoms with Crippen LogP contribution in [0.5, 0.6) is 0 Å². The lowest BCUT2D eigenvalue weighted by atomic mass is 10.1. The number of nitrogens with zero attached hydrogens (tertiary/aromatic N) is 1. The number of likely N-dealkylation sites (tertiary alicyclic amines) is 1. The van der Waals surface area contributed by atoms with Crippen molar-refractivity contribution in [1.82, 2.24) is 4.90 Å². The van der Waals surface area contributed by atoms with Gasteiger partial charge < -0.3 is 10.2 Å². The van der Waals surface area contributed by atoms with E-state index >= 15 is 0 Å². The number of hydrogen-bond acceptors (Lipinski definition) is 3. The predicted octanol–water partition coefficient (Wildman–Crippen LogP) is 4.42. The molecule has 0 unspecified atom stereocenters. The van der Waals surface area contributed by atoms with E-state index in [2.05, 4.69) is 12.2 Å². The van der Waals surface area contributed by atoms with Gasteiger partial charge in [-0.25, -0.2) is 0 Å². The number of hydrogen-bond donors (Lipinski definition) is 1. The Bertz CT molecular complexity index is 764. The molecule has 1 N–H and O–H groups in total. The van der Waals surface area contributed by atoms with Crippen LogP contribution in [0, 0.1) is 5.92 Å². The van der Waals surface area contributed by atoms with E-state index in [-0.39, 0.29) is 17.7 Å². The highest BCUT2D eigenvalue weighted by molar-refractivity contribution is 7.99. The Labute approximate surface area is 159 Å². The Hall–Kier alpha value is -2.27. The monoisotopic (exact) mass is 368 g/mol. The summed E-state index contributed by atoms with van der Waals surface area (Å²) in [7, 11) is 0. The lowest BCUT2D eigenvalue weighted by Gasteiger charge is -2.16. The Kier molecular flexibility index (Phi) is 6.34. The van der Waals surface area contributed by atoms with Crippen LogP contribution in [0.4, 0.5) is 5.69 Å². The normalized spacial score (nSPS) is 16.7. The second-order valence-corrected chi connectivity index (χ2v) is 7.61. The van der Waals surface area contributed by atoms with Crippen LogP contribution in [0.25, 0.3) is 0 Å². The first-order valence-electron chi connectivity index (χ1n) is 9.08. The molecule has 1 saturated heterocycles. The largest absolute Gasteiger partial charge is 0.342 e. The molecule has 4 nitrogen and oxygen atoms in total. The van der Waals surface area contributed by atoms with E-state index in [1.54, 1.807) is 11.8 Å². The molecule has 1 aliphatic rings. The van der Waals surface area contributed by atoms with Gasteiger partial charge in [0.25, 0.3) is 0 Å². The third-order valence-corrected chi connectivity index (χ3v) is 5.57. The average molecular weight is 369 g/mol. The molecule has 0 bridgehead atoms. The topological polar surface area (TPSA) is 49.4 Å². The van der Waals surface area contributed by atoms with Crippen molar-refractivity contribution in [3.05, 3.63) is 54.6 Å². The number of carbonyl (C=O) groups excluding carboxylic acids is 2. The van der Waals surface area contributed by atoms with Gasteiger partial charge in [0.15, 0.2) is 0 Å². The summed E-state index contributed by atoms with van der Waals surface area (Å²) in [6, 6.07) is 17.9. The summed E-state index contributed by atoms with van der Waals surface area (Å²) in [6.07, 6.45) is 2.34. The molecular formula is C21H24N2O2S. The van der Waals surface area contributed by atoms with Gasteiger partial charge in [0.05, 0.1) is 11.6 Å². The van der Waals surface area contributed by atoms with Crippen molar-refractivity contribution >= 4 is 29.3 Å². The van der Waals surface area contributed by atoms with Gasteiger partial charge in [-0.3, -0.25) is 9.59 Å². The Morgan fingerprint density at radius 2 is 1.88 bits per heavy atom. The number of para-hydroxylation sites is 1. The summed E-state index contributed by atoms with van der Waals surface area (Å²) in [5.41, 5.74) is 0.797. The lowest BCUT2D eigenvalue weighted by molar-refractivity contribution is -0.128. The first kappa shape index (κ1) is 18.5. The molecule has 1 aliphatic heterocycles. The molecule has 5 heteroatoms. The van der Waals surface area contributed by atoms with E-state index in [9.17, 15) is 9.59 Å². The second-order valence-electron chi connectivity index (χ2n) is 6.49. The van der Waals surface area contributed by atoms with Crippen molar-refractivity contribution in [3.8, 4) is 0 Å². The molecule has 0 saturated carbocycles. The molecule has 1 heterocycles. The molecule has 0 radical (unpaired) electrons. The van der Waals surface area contributed by atoms with Crippen LogP contribution in [0.2, 0.25) is 0 Å². The molecule has 0 spiro atoms. The van der Waals surface area contributed by atoms with Crippen molar-refractivity contribution in [2.75, 3.05) is 18.4 Å². The number of unbranched alkanes of at least 4 members (excludes halogenated alkanes) is 1. The molecule has 2 amide bonds. The smallest absolute Gasteiger partial charge is 0.229 e. The van der Waals surface area contributed by atoms with Gasteiger partial charge in [0.2, 0.25) is 11.8 Å². The highest BCUT2D eigenvalue weighted by Gasteiger charge is 2.34. The predicted molar refractivity (Wildman–Crippen MR) is 105 cm³/mol. The minimum Gasteiger partial charge on any atom is -0.342 e. The minimum absolute atomic E-state index is 0.0709. The highest BCUT2D eigenvalue weighted by Crippen LogP contribution is 2.33. The van der Waals surface area contributed by atoms with Gasteiger partial charge in [0.1, 0.15) is 0 Å². The van der Waals surface area contributed by atoms with Gasteiger partial charge in [-0.1, -0.05) is 55.4 Å². The molecule has 136 valence electrons. The second kappa shape index (κ2) is 8.90. The maximum Gasteiger partial charge on any atom is 0.229 e. The van der Waals surface area contributed by atoms with Crippen molar-refractivity contribution in [2.45, 2.75) is 36.0 Å². The third kappa shape index (κ3) is 4.67. The van der Waals surface area contributed by atoms with Gasteiger partial charge in [0, 0.05) is 29.3 Å². The molecule has 0 aliphatic carbocycles. The number of rotatable bonds is 7. The zero-order valence-electron chi connectivity index (χ0n) is 15.0. The fraction of sp³-hybridized carbons (Fsp3) is 0.333. The number of carbonyl (C=O) groups is 2. The number of amides is 2. The highest BCUT2D eigenvalue weighted by atomic mass is 32.2. The molecule has 0 aromatic heterocycles. The van der Waals surface area contributed by atoms with Gasteiger partial charge in [-0.05, 0) is 30.7 Å². The number of nitrogens with one attached hydrogen (secondary N) is 1. The van der Waals surface area contributed by atoms with Crippen LogP contribution in [-0.4, -0.2) is 29.8 Å². The summed E-state index contributed by atoms with van der Waals surface area (Å²) < 4.78 is 0. The standard InChI is InChI=1S/C21H24N2O2S/c1-2-3-13-23-15-16(14-20(23)24)21(25)22-18-11-7-8-12-19(18)26-17-9-5-4-6-10-17/h4-12,16H,2-3,13-15H2,1H3,(H,22,25)/t16-/m0/s1. The minimum atomic E-state index is -0.269. The summed E-state index contributed by atoms with van der Waals surface area (Å²) in [6.45, 7) is 3.38. The fourth-order valence-electron chi connectivity index (χ4n) is 3.02. The first-order chi connectivity index (χ1) is 12.7. The van der Waals surface area contributed by atoms with Crippen LogP contribution in [0.3, 0.4) is 0 Å². The Morgan fingerprint density at radius 1 is 1.15 bits per heavy atom. The molecule has 3 rings (SSSR count). The van der Waals surface area contributed by atoms with Crippen LogP contribution >= 0.6 is 11.8 Å². The SMILES string of the molecule is CCCCN1C[C@@H](C(=O)Nc2ccccc2Sc2ccccc2)CC1=O. The van der Waals surface area contributed by atoms with E-state index in [1.165, 1.54) is 0 Å². The first-order valence-corrected chi connectivity index (χ1v) is 9.89. The molecule has 1 fully saturated rings. The quantitative estimate of drug-likeness (QED) is 0.787. The molecular weight excluding hydrogens is 344 g/mol. The number of anilines is 1. The average Bonchev–Trinajstić information content (AvgIpc) is 3.03. The Balaban J connectivity index is 1.66. The molecule has 2 aromatic rings. The summed E-state index contributed by atoms with van der Waals surface area (Å²) in [5, 5.41) is 3.03. The van der Waals surface area contributed by atoms with E-state index in [0.717, 1.165) is 34.9 Å². The van der Waals surface area contributed by atoms with Gasteiger partial charge in [-0.15, -0.1) is 0 Å². The fourth-order valence-corrected chi connectivity index (χ4v) is 3.94. The zero-order chi connectivity index (χ0) is 18.4. The zero-order valence-corrected chi connectivity index (χ0v) is 15.8. The van der Waals surface area contributed by atoms with Crippen molar-refractivity contribution in [1.29, 1.82) is 0 Å². The van der Waals surface area contributed by atoms with Crippen LogP contribution in [-0.2, 0) is 9.59 Å². The van der Waals surface area contributed by atoms with E-state index in [4.69, 9.17) is 0 Å². The van der Waals surface area contributed by atoms with Gasteiger partial charge in [-0.2, -0.15) is 0 Å². The summed E-state index contributed by atoms with van der Waals surface area (Å²) in [4.78, 5) is 28.7. The molecule has 1 atom stereocenters. The summed E-state index contributed by atoms with van der Waals surface area (Å²) >= 11 is 1.62. The third-order valence-electron chi connectivity index (χ3n) is 4.48. The van der Waals surface area contributed by atoms with Crippen LogP contribution in [0.1, 0.15) is 26.2 Å².